The Labute approximate surface area is 130 Å². The Kier molecular flexibility index (Phi) is 6.60. The lowest BCUT2D eigenvalue weighted by Crippen LogP contribution is -2.46. The maximum absolute atomic E-state index is 12.2. The van der Waals surface area contributed by atoms with Crippen LogP contribution in [0.15, 0.2) is 6.33 Å². The highest BCUT2D eigenvalue weighted by molar-refractivity contribution is 5.74. The maximum atomic E-state index is 12.2. The van der Waals surface area contributed by atoms with Crippen molar-refractivity contribution in [3.63, 3.8) is 0 Å². The van der Waals surface area contributed by atoms with Crippen LogP contribution in [0, 0.1) is 5.92 Å². The quantitative estimate of drug-likeness (QED) is 0.703. The van der Waals surface area contributed by atoms with Crippen molar-refractivity contribution < 1.29 is 14.6 Å². The van der Waals surface area contributed by atoms with Crippen LogP contribution in [0.25, 0.3) is 0 Å². The molecule has 8 nitrogen and oxygen atoms in total. The second-order valence-corrected chi connectivity index (χ2v) is 5.58. The van der Waals surface area contributed by atoms with Crippen molar-refractivity contribution >= 4 is 6.03 Å². The molecule has 2 amide bonds. The van der Waals surface area contributed by atoms with Gasteiger partial charge < -0.3 is 24.6 Å². The van der Waals surface area contributed by atoms with Crippen LogP contribution in [0.5, 0.6) is 0 Å². The van der Waals surface area contributed by atoms with E-state index < -0.39 is 0 Å². The van der Waals surface area contributed by atoms with Gasteiger partial charge in [0.05, 0.1) is 6.54 Å². The summed E-state index contributed by atoms with van der Waals surface area (Å²) in [5.41, 5.74) is 0. The van der Waals surface area contributed by atoms with Crippen LogP contribution in [0.3, 0.4) is 0 Å². The number of aliphatic hydroxyl groups is 1. The fourth-order valence-electron chi connectivity index (χ4n) is 2.65. The van der Waals surface area contributed by atoms with Crippen LogP contribution >= 0.6 is 0 Å². The monoisotopic (exact) mass is 311 g/mol. The Morgan fingerprint density at radius 3 is 3.23 bits per heavy atom. The number of amides is 2. The molecule has 0 bridgehead atoms. The summed E-state index contributed by atoms with van der Waals surface area (Å²) in [6, 6.07) is -0.107. The fraction of sp³-hybridized carbons (Fsp3) is 0.786. The number of nitrogens with one attached hydrogen (secondary N) is 1. The Bertz CT molecular complexity index is 465. The average molecular weight is 311 g/mol. The second kappa shape index (κ2) is 8.70. The van der Waals surface area contributed by atoms with Gasteiger partial charge in [-0.3, -0.25) is 0 Å². The molecular weight excluding hydrogens is 286 g/mol. The number of aromatic nitrogens is 3. The number of nitrogens with zero attached hydrogens (tertiary/aromatic N) is 4. The summed E-state index contributed by atoms with van der Waals surface area (Å²) in [4.78, 5) is 13.9. The van der Waals surface area contributed by atoms with Gasteiger partial charge in [0.2, 0.25) is 0 Å². The van der Waals surface area contributed by atoms with E-state index in [1.807, 2.05) is 4.57 Å². The summed E-state index contributed by atoms with van der Waals surface area (Å²) in [6.07, 6.45) is 4.46. The number of carbonyl (C=O) groups is 1. The molecule has 124 valence electrons. The predicted octanol–water partition coefficient (Wildman–Crippen LogP) is 0.229. The molecule has 0 spiro atoms. The van der Waals surface area contributed by atoms with Crippen LogP contribution < -0.4 is 5.32 Å². The van der Waals surface area contributed by atoms with E-state index in [4.69, 9.17) is 4.74 Å². The van der Waals surface area contributed by atoms with Crippen molar-refractivity contribution in [2.45, 2.75) is 32.4 Å². The molecule has 2 heterocycles. The highest BCUT2D eigenvalue weighted by Gasteiger charge is 2.23. The average Bonchev–Trinajstić information content (AvgIpc) is 3.00. The van der Waals surface area contributed by atoms with Gasteiger partial charge >= 0.3 is 6.03 Å². The topological polar surface area (TPSA) is 92.5 Å². The lowest BCUT2D eigenvalue weighted by atomic mass is 9.99. The number of rotatable bonds is 7. The predicted molar refractivity (Wildman–Crippen MR) is 80.1 cm³/mol. The van der Waals surface area contributed by atoms with E-state index >= 15 is 0 Å². The van der Waals surface area contributed by atoms with Crippen molar-refractivity contribution in [2.75, 3.05) is 33.4 Å². The summed E-state index contributed by atoms with van der Waals surface area (Å²) in [5.74, 6) is 0.928. The number of methoxy groups -OCH3 is 1. The van der Waals surface area contributed by atoms with E-state index in [1.54, 1.807) is 18.3 Å². The molecule has 1 aromatic heterocycles. The first-order valence-electron chi connectivity index (χ1n) is 7.74. The van der Waals surface area contributed by atoms with E-state index in [0.29, 0.717) is 19.7 Å². The molecule has 0 saturated carbocycles. The van der Waals surface area contributed by atoms with Gasteiger partial charge in [-0.05, 0) is 25.2 Å². The number of hydrogen-bond acceptors (Lipinski definition) is 5. The summed E-state index contributed by atoms with van der Waals surface area (Å²) >= 11 is 0. The van der Waals surface area contributed by atoms with Crippen molar-refractivity contribution in [2.24, 2.45) is 5.92 Å². The zero-order chi connectivity index (χ0) is 15.8. The van der Waals surface area contributed by atoms with E-state index in [-0.39, 0.29) is 18.6 Å². The molecule has 1 saturated heterocycles. The summed E-state index contributed by atoms with van der Waals surface area (Å²) < 4.78 is 6.95. The number of likely N-dealkylation sites (tertiary alicyclic amines) is 1. The lowest BCUT2D eigenvalue weighted by Gasteiger charge is -2.31. The molecular formula is C14H25N5O3. The van der Waals surface area contributed by atoms with Crippen molar-refractivity contribution in [3.8, 4) is 0 Å². The standard InChI is InChI=1S/C14H25N5O3/c1-22-7-3-6-19-11-16-17-13(19)8-15-14(21)18-5-2-4-12(9-18)10-20/h11-12,20H,2-10H2,1H3,(H,15,21)/t12-/m0/s1. The molecule has 8 heteroatoms. The number of urea groups is 1. The molecule has 1 aliphatic rings. The third kappa shape index (κ3) is 4.67. The SMILES string of the molecule is COCCCn1cnnc1CNC(=O)N1CCC[C@H](CO)C1. The van der Waals surface area contributed by atoms with Gasteiger partial charge in [0, 0.05) is 40.0 Å². The van der Waals surface area contributed by atoms with Gasteiger partial charge in [-0.1, -0.05) is 0 Å². The van der Waals surface area contributed by atoms with Gasteiger partial charge in [0.25, 0.3) is 0 Å². The Morgan fingerprint density at radius 2 is 2.45 bits per heavy atom. The minimum absolute atomic E-state index is 0.107. The molecule has 0 aromatic carbocycles. The summed E-state index contributed by atoms with van der Waals surface area (Å²) in [5, 5.41) is 20.0. The Morgan fingerprint density at radius 1 is 1.59 bits per heavy atom. The Hall–Kier alpha value is -1.67. The number of aryl methyl sites for hydroxylation is 1. The first kappa shape index (κ1) is 16.7. The first-order chi connectivity index (χ1) is 10.7. The molecule has 0 aliphatic carbocycles. The number of hydrogen-bond donors (Lipinski definition) is 2. The molecule has 2 rings (SSSR count). The van der Waals surface area contributed by atoms with Crippen molar-refractivity contribution in [1.82, 2.24) is 25.0 Å². The normalized spacial score (nSPS) is 18.5. The molecule has 1 aliphatic heterocycles. The minimum atomic E-state index is -0.107. The molecule has 1 aromatic rings. The van der Waals surface area contributed by atoms with Gasteiger partial charge in [-0.25, -0.2) is 4.79 Å². The number of piperidine rings is 1. The molecule has 2 N–H and O–H groups in total. The highest BCUT2D eigenvalue weighted by atomic mass is 16.5. The van der Waals surface area contributed by atoms with E-state index in [1.165, 1.54) is 0 Å². The van der Waals surface area contributed by atoms with Crippen molar-refractivity contribution in [3.05, 3.63) is 12.2 Å². The number of carbonyl (C=O) groups excluding carboxylic acids is 1. The first-order valence-corrected chi connectivity index (χ1v) is 7.74. The lowest BCUT2D eigenvalue weighted by molar-refractivity contribution is 0.129. The number of aliphatic hydroxyl groups excluding tert-OH is 1. The smallest absolute Gasteiger partial charge is 0.317 e. The van der Waals surface area contributed by atoms with Gasteiger partial charge in [-0.15, -0.1) is 10.2 Å². The fourth-order valence-corrected chi connectivity index (χ4v) is 2.65. The highest BCUT2D eigenvalue weighted by Crippen LogP contribution is 2.15. The van der Waals surface area contributed by atoms with Crippen LogP contribution in [-0.2, 0) is 17.8 Å². The molecule has 0 radical (unpaired) electrons. The van der Waals surface area contributed by atoms with Gasteiger partial charge in [-0.2, -0.15) is 0 Å². The minimum Gasteiger partial charge on any atom is -0.396 e. The van der Waals surface area contributed by atoms with Crippen LogP contribution in [-0.4, -0.2) is 64.2 Å². The van der Waals surface area contributed by atoms with Gasteiger partial charge in [0.1, 0.15) is 6.33 Å². The second-order valence-electron chi connectivity index (χ2n) is 5.58. The van der Waals surface area contributed by atoms with Crippen molar-refractivity contribution in [1.29, 1.82) is 0 Å². The van der Waals surface area contributed by atoms with Crippen LogP contribution in [0.2, 0.25) is 0 Å². The van der Waals surface area contributed by atoms with E-state index in [9.17, 15) is 9.90 Å². The molecule has 1 atom stereocenters. The zero-order valence-electron chi connectivity index (χ0n) is 13.1. The molecule has 0 unspecified atom stereocenters. The molecule has 1 fully saturated rings. The van der Waals surface area contributed by atoms with E-state index in [0.717, 1.165) is 38.2 Å². The van der Waals surface area contributed by atoms with Gasteiger partial charge in [0.15, 0.2) is 5.82 Å². The largest absolute Gasteiger partial charge is 0.396 e. The third-order valence-electron chi connectivity index (χ3n) is 3.91. The number of ether oxygens (including phenoxy) is 1. The molecule has 22 heavy (non-hydrogen) atoms. The maximum Gasteiger partial charge on any atom is 0.317 e. The van der Waals surface area contributed by atoms with E-state index in [2.05, 4.69) is 15.5 Å². The van der Waals surface area contributed by atoms with Crippen LogP contribution in [0.1, 0.15) is 25.1 Å². The Balaban J connectivity index is 1.79. The summed E-state index contributed by atoms with van der Waals surface area (Å²) in [7, 11) is 1.67. The summed E-state index contributed by atoms with van der Waals surface area (Å²) in [6.45, 7) is 3.29. The third-order valence-corrected chi connectivity index (χ3v) is 3.91. The zero-order valence-corrected chi connectivity index (χ0v) is 13.1. The van der Waals surface area contributed by atoms with Crippen LogP contribution in [0.4, 0.5) is 4.79 Å².